The van der Waals surface area contributed by atoms with Crippen LogP contribution in [0.4, 0.5) is 0 Å². The number of benzene rings is 6. The summed E-state index contributed by atoms with van der Waals surface area (Å²) in [5.41, 5.74) is 6.45. The molecule has 0 N–H and O–H groups in total. The normalized spacial score (nSPS) is 11.4. The highest BCUT2D eigenvalue weighted by atomic mass is 14.2. The van der Waals surface area contributed by atoms with Crippen molar-refractivity contribution in [3.05, 3.63) is 121 Å². The number of rotatable bonds is 2. The Morgan fingerprint density at radius 3 is 1.94 bits per heavy atom. The average Bonchev–Trinajstić information content (AvgIpc) is 2.82. The van der Waals surface area contributed by atoms with E-state index in [9.17, 15) is 0 Å². The first-order chi connectivity index (χ1) is 15.3. The van der Waals surface area contributed by atoms with Crippen molar-refractivity contribution < 1.29 is 0 Å². The monoisotopic (exact) mass is 394 g/mol. The van der Waals surface area contributed by atoms with E-state index in [1.807, 2.05) is 0 Å². The molecule has 0 aliphatic carbocycles. The summed E-state index contributed by atoms with van der Waals surface area (Å²) in [4.78, 5) is 0. The van der Waals surface area contributed by atoms with E-state index in [0.29, 0.717) is 0 Å². The van der Waals surface area contributed by atoms with E-state index in [0.717, 1.165) is 0 Å². The largest absolute Gasteiger partial charge is 0.0616 e. The fourth-order valence-corrected chi connectivity index (χ4v) is 4.89. The molecule has 0 fully saturated rings. The van der Waals surface area contributed by atoms with Crippen LogP contribution >= 0.6 is 0 Å². The minimum atomic E-state index is 1.27. The fraction of sp³-hybridized carbons (Fsp3) is 0.0323. The summed E-state index contributed by atoms with van der Waals surface area (Å²) in [6, 6.07) is 42.0. The lowest BCUT2D eigenvalue weighted by molar-refractivity contribution is 1.47. The summed E-state index contributed by atoms with van der Waals surface area (Å²) >= 11 is 0. The van der Waals surface area contributed by atoms with E-state index in [1.165, 1.54) is 60.1 Å². The first-order valence-electron chi connectivity index (χ1n) is 10.8. The van der Waals surface area contributed by atoms with Crippen LogP contribution in [0.5, 0.6) is 0 Å². The summed E-state index contributed by atoms with van der Waals surface area (Å²) in [6.45, 7) is 2.16. The Kier molecular flexibility index (Phi) is 4.11. The zero-order valence-electron chi connectivity index (χ0n) is 17.5. The lowest BCUT2D eigenvalue weighted by Gasteiger charge is -2.16. The highest BCUT2D eigenvalue weighted by Crippen LogP contribution is 2.42. The van der Waals surface area contributed by atoms with E-state index in [2.05, 4.69) is 122 Å². The second kappa shape index (κ2) is 7.11. The molecule has 0 heterocycles. The van der Waals surface area contributed by atoms with Gasteiger partial charge in [-0.3, -0.25) is 0 Å². The summed E-state index contributed by atoms with van der Waals surface area (Å²) in [5, 5.41) is 7.74. The first kappa shape index (κ1) is 17.9. The van der Waals surface area contributed by atoms with Crippen molar-refractivity contribution in [3.8, 4) is 22.3 Å². The van der Waals surface area contributed by atoms with Crippen LogP contribution < -0.4 is 0 Å². The first-order valence-corrected chi connectivity index (χ1v) is 10.8. The molecule has 0 unspecified atom stereocenters. The van der Waals surface area contributed by atoms with Gasteiger partial charge in [0.05, 0.1) is 0 Å². The number of hydrogen-bond acceptors (Lipinski definition) is 0. The smallest absolute Gasteiger partial charge is 0.00204 e. The maximum Gasteiger partial charge on any atom is -0.00204 e. The second-order valence-corrected chi connectivity index (χ2v) is 8.27. The molecule has 31 heavy (non-hydrogen) atoms. The molecule has 0 heteroatoms. The molecule has 0 spiro atoms. The van der Waals surface area contributed by atoms with E-state index in [-0.39, 0.29) is 0 Å². The average molecular weight is 395 g/mol. The lowest BCUT2D eigenvalue weighted by Crippen LogP contribution is -1.89. The third-order valence-electron chi connectivity index (χ3n) is 6.29. The molecule has 0 aliphatic rings. The Morgan fingerprint density at radius 1 is 0.419 bits per heavy atom. The Hall–Kier alpha value is -3.90. The van der Waals surface area contributed by atoms with Crippen LogP contribution in [0.3, 0.4) is 0 Å². The quantitative estimate of drug-likeness (QED) is 0.257. The molecule has 0 amide bonds. The SMILES string of the molecule is Cc1cccc(-c2cccc3c(-c4cccc5ccccc45)c4ccccc4cc23)c1. The van der Waals surface area contributed by atoms with Crippen LogP contribution in [0.25, 0.3) is 54.6 Å². The van der Waals surface area contributed by atoms with Gasteiger partial charge in [0, 0.05) is 0 Å². The number of hydrogen-bond donors (Lipinski definition) is 0. The molecule has 6 rings (SSSR count). The van der Waals surface area contributed by atoms with E-state index < -0.39 is 0 Å². The van der Waals surface area contributed by atoms with E-state index in [4.69, 9.17) is 0 Å². The van der Waals surface area contributed by atoms with Gasteiger partial charge in [0.1, 0.15) is 0 Å². The molecule has 146 valence electrons. The summed E-state index contributed by atoms with van der Waals surface area (Å²) < 4.78 is 0. The third kappa shape index (κ3) is 2.92. The second-order valence-electron chi connectivity index (χ2n) is 8.27. The van der Waals surface area contributed by atoms with Crippen molar-refractivity contribution in [3.63, 3.8) is 0 Å². The van der Waals surface area contributed by atoms with Crippen molar-refractivity contribution in [2.75, 3.05) is 0 Å². The van der Waals surface area contributed by atoms with Gasteiger partial charge in [0.25, 0.3) is 0 Å². The molecule has 0 radical (unpaired) electrons. The molecule has 0 nitrogen and oxygen atoms in total. The molecular formula is C31H22. The Labute approximate surface area is 182 Å². The van der Waals surface area contributed by atoms with Gasteiger partial charge in [-0.05, 0) is 67.6 Å². The summed E-state index contributed by atoms with van der Waals surface area (Å²) in [6.07, 6.45) is 0. The van der Waals surface area contributed by atoms with Gasteiger partial charge in [0.2, 0.25) is 0 Å². The van der Waals surface area contributed by atoms with Gasteiger partial charge in [-0.1, -0.05) is 115 Å². The van der Waals surface area contributed by atoms with Crippen molar-refractivity contribution in [1.29, 1.82) is 0 Å². The minimum absolute atomic E-state index is 1.27. The molecule has 6 aromatic carbocycles. The summed E-state index contributed by atoms with van der Waals surface area (Å²) in [7, 11) is 0. The zero-order valence-corrected chi connectivity index (χ0v) is 17.5. The van der Waals surface area contributed by atoms with Crippen molar-refractivity contribution >= 4 is 32.3 Å². The van der Waals surface area contributed by atoms with Crippen LogP contribution in [0.15, 0.2) is 115 Å². The minimum Gasteiger partial charge on any atom is -0.0616 e. The van der Waals surface area contributed by atoms with Gasteiger partial charge < -0.3 is 0 Å². The molecule has 0 aromatic heterocycles. The predicted molar refractivity (Wildman–Crippen MR) is 135 cm³/mol. The van der Waals surface area contributed by atoms with Gasteiger partial charge in [0.15, 0.2) is 0 Å². The fourth-order valence-electron chi connectivity index (χ4n) is 4.89. The third-order valence-corrected chi connectivity index (χ3v) is 6.29. The van der Waals surface area contributed by atoms with Crippen LogP contribution in [0.2, 0.25) is 0 Å². The molecule has 0 aliphatic heterocycles. The number of aryl methyl sites for hydroxylation is 1. The molecule has 0 bridgehead atoms. The van der Waals surface area contributed by atoms with Gasteiger partial charge in [-0.25, -0.2) is 0 Å². The van der Waals surface area contributed by atoms with Crippen LogP contribution in [-0.2, 0) is 0 Å². The zero-order chi connectivity index (χ0) is 20.8. The van der Waals surface area contributed by atoms with Crippen molar-refractivity contribution in [2.24, 2.45) is 0 Å². The summed E-state index contributed by atoms with van der Waals surface area (Å²) in [5.74, 6) is 0. The predicted octanol–water partition coefficient (Wildman–Crippen LogP) is 8.79. The van der Waals surface area contributed by atoms with Gasteiger partial charge in [-0.15, -0.1) is 0 Å². The Morgan fingerprint density at radius 2 is 1.06 bits per heavy atom. The maximum absolute atomic E-state index is 2.36. The molecule has 0 atom stereocenters. The molecule has 0 saturated heterocycles. The standard InChI is InChI=1S/C31H22/c1-21-9-6-13-23(19-21)26-16-8-18-29-30(26)20-24-11-3-5-15-27(24)31(29)28-17-7-12-22-10-2-4-14-25(22)28/h2-20H,1H3. The molecule has 6 aromatic rings. The van der Waals surface area contributed by atoms with Crippen molar-refractivity contribution in [2.45, 2.75) is 6.92 Å². The van der Waals surface area contributed by atoms with E-state index >= 15 is 0 Å². The van der Waals surface area contributed by atoms with E-state index in [1.54, 1.807) is 0 Å². The number of fused-ring (bicyclic) bond motifs is 3. The topological polar surface area (TPSA) is 0 Å². The highest BCUT2D eigenvalue weighted by Gasteiger charge is 2.14. The van der Waals surface area contributed by atoms with Crippen LogP contribution in [0, 0.1) is 6.92 Å². The maximum atomic E-state index is 2.36. The van der Waals surface area contributed by atoms with Gasteiger partial charge in [-0.2, -0.15) is 0 Å². The molecular weight excluding hydrogens is 372 g/mol. The highest BCUT2D eigenvalue weighted by molar-refractivity contribution is 6.19. The Bertz CT molecular complexity index is 1580. The Balaban J connectivity index is 1.79. The lowest BCUT2D eigenvalue weighted by atomic mass is 9.87. The van der Waals surface area contributed by atoms with Gasteiger partial charge >= 0.3 is 0 Å². The molecule has 0 saturated carbocycles. The van der Waals surface area contributed by atoms with Crippen molar-refractivity contribution in [1.82, 2.24) is 0 Å². The van der Waals surface area contributed by atoms with Crippen LogP contribution in [0.1, 0.15) is 5.56 Å². The van der Waals surface area contributed by atoms with Crippen LogP contribution in [-0.4, -0.2) is 0 Å².